The average Bonchev–Trinajstić information content (AvgIpc) is 2.46. The molecule has 0 radical (unpaired) electrons. The summed E-state index contributed by atoms with van der Waals surface area (Å²) in [5, 5.41) is 0. The van der Waals surface area contributed by atoms with Crippen LogP contribution >= 0.6 is 0 Å². The molecule has 0 bridgehead atoms. The van der Waals surface area contributed by atoms with Crippen molar-refractivity contribution >= 4 is 10.0 Å². The van der Waals surface area contributed by atoms with Crippen LogP contribution in [0, 0.1) is 19.8 Å². The number of nitrogens with zero attached hydrogens (tertiary/aromatic N) is 1. The van der Waals surface area contributed by atoms with Gasteiger partial charge in [-0.05, 0) is 62.4 Å². The zero-order valence-electron chi connectivity index (χ0n) is 12.9. The highest BCUT2D eigenvalue weighted by atomic mass is 32.2. The molecule has 5 nitrogen and oxygen atoms in total. The molecule has 1 aliphatic heterocycles. The van der Waals surface area contributed by atoms with Gasteiger partial charge in [0.2, 0.25) is 10.0 Å². The highest BCUT2D eigenvalue weighted by Gasteiger charge is 2.31. The van der Waals surface area contributed by atoms with Gasteiger partial charge in [-0.1, -0.05) is 0 Å². The molecule has 0 unspecified atom stereocenters. The summed E-state index contributed by atoms with van der Waals surface area (Å²) < 4.78 is 32.5. The van der Waals surface area contributed by atoms with Gasteiger partial charge in [0.05, 0.1) is 12.0 Å². The van der Waals surface area contributed by atoms with E-state index in [1.54, 1.807) is 23.5 Å². The Labute approximate surface area is 127 Å². The van der Waals surface area contributed by atoms with Crippen molar-refractivity contribution in [2.24, 2.45) is 11.7 Å². The van der Waals surface area contributed by atoms with Gasteiger partial charge < -0.3 is 10.5 Å². The molecule has 1 heterocycles. The lowest BCUT2D eigenvalue weighted by Crippen LogP contribution is -2.40. The Morgan fingerprint density at radius 2 is 1.76 bits per heavy atom. The zero-order valence-corrected chi connectivity index (χ0v) is 13.7. The van der Waals surface area contributed by atoms with Crippen LogP contribution in [0.3, 0.4) is 0 Å². The second-order valence-electron chi connectivity index (χ2n) is 5.67. The quantitative estimate of drug-likeness (QED) is 0.918. The van der Waals surface area contributed by atoms with Gasteiger partial charge in [0, 0.05) is 13.1 Å². The van der Waals surface area contributed by atoms with E-state index in [1.165, 1.54) is 0 Å². The maximum absolute atomic E-state index is 12.9. The smallest absolute Gasteiger partial charge is 0.243 e. The standard InChI is InChI=1S/C15H24N2O3S/c1-11-8-14(20-3)9-12(2)15(11)21(18,19)17-6-4-13(10-16)5-7-17/h8-9,13H,4-7,10,16H2,1-3H3. The minimum Gasteiger partial charge on any atom is -0.497 e. The predicted molar refractivity (Wildman–Crippen MR) is 83.0 cm³/mol. The van der Waals surface area contributed by atoms with Crippen molar-refractivity contribution in [1.82, 2.24) is 4.31 Å². The van der Waals surface area contributed by atoms with E-state index in [9.17, 15) is 8.42 Å². The van der Waals surface area contributed by atoms with Gasteiger partial charge in [0.15, 0.2) is 0 Å². The molecule has 1 aromatic carbocycles. The number of benzene rings is 1. The molecule has 2 rings (SSSR count). The topological polar surface area (TPSA) is 72.6 Å². The highest BCUT2D eigenvalue weighted by molar-refractivity contribution is 7.89. The second-order valence-corrected chi connectivity index (χ2v) is 7.55. The monoisotopic (exact) mass is 312 g/mol. The Hall–Kier alpha value is -1.11. The second kappa shape index (κ2) is 6.34. The molecule has 1 aliphatic rings. The van der Waals surface area contributed by atoms with Crippen LogP contribution in [0.15, 0.2) is 17.0 Å². The van der Waals surface area contributed by atoms with E-state index in [1.807, 2.05) is 13.8 Å². The first-order valence-electron chi connectivity index (χ1n) is 7.25. The number of hydrogen-bond acceptors (Lipinski definition) is 4. The molecule has 0 atom stereocenters. The summed E-state index contributed by atoms with van der Waals surface area (Å²) >= 11 is 0. The maximum atomic E-state index is 12.9. The fourth-order valence-corrected chi connectivity index (χ4v) is 4.83. The van der Waals surface area contributed by atoms with Crippen molar-refractivity contribution in [2.75, 3.05) is 26.7 Å². The van der Waals surface area contributed by atoms with E-state index in [0.29, 0.717) is 36.2 Å². The zero-order chi connectivity index (χ0) is 15.6. The van der Waals surface area contributed by atoms with Crippen molar-refractivity contribution in [3.05, 3.63) is 23.3 Å². The molecule has 0 amide bonds. The van der Waals surface area contributed by atoms with E-state index >= 15 is 0 Å². The third-order valence-corrected chi connectivity index (χ3v) is 6.38. The normalized spacial score (nSPS) is 17.9. The molecule has 1 fully saturated rings. The molecule has 2 N–H and O–H groups in total. The molecule has 1 aromatic rings. The minimum absolute atomic E-state index is 0.412. The van der Waals surface area contributed by atoms with Crippen LogP contribution in [0.25, 0.3) is 0 Å². The van der Waals surface area contributed by atoms with Crippen LogP contribution in [-0.4, -0.2) is 39.5 Å². The summed E-state index contributed by atoms with van der Waals surface area (Å²) in [6.07, 6.45) is 1.67. The van der Waals surface area contributed by atoms with Gasteiger partial charge in [0.25, 0.3) is 0 Å². The summed E-state index contributed by atoms with van der Waals surface area (Å²) in [4.78, 5) is 0.412. The number of sulfonamides is 1. The number of ether oxygens (including phenoxy) is 1. The largest absolute Gasteiger partial charge is 0.497 e. The van der Waals surface area contributed by atoms with E-state index < -0.39 is 10.0 Å². The molecule has 6 heteroatoms. The van der Waals surface area contributed by atoms with Crippen LogP contribution in [0.2, 0.25) is 0 Å². The van der Waals surface area contributed by atoms with Gasteiger partial charge >= 0.3 is 0 Å². The molecular weight excluding hydrogens is 288 g/mol. The fourth-order valence-electron chi connectivity index (χ4n) is 2.95. The lowest BCUT2D eigenvalue weighted by atomic mass is 9.99. The summed E-state index contributed by atoms with van der Waals surface area (Å²) in [6, 6.07) is 3.54. The SMILES string of the molecule is COc1cc(C)c(S(=O)(=O)N2CCC(CN)CC2)c(C)c1. The summed E-state index contributed by atoms with van der Waals surface area (Å²) in [5.41, 5.74) is 7.13. The first-order valence-corrected chi connectivity index (χ1v) is 8.69. The Kier molecular flexibility index (Phi) is 4.91. The van der Waals surface area contributed by atoms with Gasteiger partial charge in [-0.2, -0.15) is 4.31 Å². The third-order valence-electron chi connectivity index (χ3n) is 4.17. The molecule has 21 heavy (non-hydrogen) atoms. The van der Waals surface area contributed by atoms with E-state index in [4.69, 9.17) is 10.5 Å². The van der Waals surface area contributed by atoms with Crippen molar-refractivity contribution in [3.8, 4) is 5.75 Å². The summed E-state index contributed by atoms with van der Waals surface area (Å²) in [6.45, 7) is 5.36. The summed E-state index contributed by atoms with van der Waals surface area (Å²) in [7, 11) is -1.86. The number of hydrogen-bond donors (Lipinski definition) is 1. The Bertz CT molecular complexity index is 582. The number of rotatable bonds is 4. The number of aryl methyl sites for hydroxylation is 2. The minimum atomic E-state index is -3.44. The van der Waals surface area contributed by atoms with Crippen LogP contribution in [0.1, 0.15) is 24.0 Å². The molecule has 0 spiro atoms. The van der Waals surface area contributed by atoms with Crippen molar-refractivity contribution < 1.29 is 13.2 Å². The lowest BCUT2D eigenvalue weighted by Gasteiger charge is -2.31. The van der Waals surface area contributed by atoms with Crippen LogP contribution in [0.4, 0.5) is 0 Å². The van der Waals surface area contributed by atoms with Gasteiger partial charge in [-0.25, -0.2) is 8.42 Å². The van der Waals surface area contributed by atoms with Gasteiger partial charge in [-0.3, -0.25) is 0 Å². The molecule has 0 aliphatic carbocycles. The number of nitrogens with two attached hydrogens (primary N) is 1. The van der Waals surface area contributed by atoms with Crippen molar-refractivity contribution in [2.45, 2.75) is 31.6 Å². The van der Waals surface area contributed by atoms with Crippen LogP contribution in [0.5, 0.6) is 5.75 Å². The summed E-state index contributed by atoms with van der Waals surface area (Å²) in [5.74, 6) is 1.13. The average molecular weight is 312 g/mol. The van der Waals surface area contributed by atoms with Gasteiger partial charge in [-0.15, -0.1) is 0 Å². The first kappa shape index (κ1) is 16.3. The van der Waals surface area contributed by atoms with E-state index in [-0.39, 0.29) is 0 Å². The Balaban J connectivity index is 2.32. The van der Waals surface area contributed by atoms with E-state index in [0.717, 1.165) is 24.0 Å². The maximum Gasteiger partial charge on any atom is 0.243 e. The molecular formula is C15H24N2O3S. The third kappa shape index (κ3) is 3.22. The Morgan fingerprint density at radius 3 is 2.19 bits per heavy atom. The van der Waals surface area contributed by atoms with E-state index in [2.05, 4.69) is 0 Å². The molecule has 1 saturated heterocycles. The van der Waals surface area contributed by atoms with Crippen LogP contribution in [-0.2, 0) is 10.0 Å². The van der Waals surface area contributed by atoms with Gasteiger partial charge in [0.1, 0.15) is 5.75 Å². The van der Waals surface area contributed by atoms with Crippen molar-refractivity contribution in [1.29, 1.82) is 0 Å². The number of piperidine rings is 1. The van der Waals surface area contributed by atoms with Crippen molar-refractivity contribution in [3.63, 3.8) is 0 Å². The molecule has 0 aromatic heterocycles. The van der Waals surface area contributed by atoms with Crippen LogP contribution < -0.4 is 10.5 Å². The molecule has 0 saturated carbocycles. The first-order chi connectivity index (χ1) is 9.90. The highest BCUT2D eigenvalue weighted by Crippen LogP contribution is 2.30. The fraction of sp³-hybridized carbons (Fsp3) is 0.600. The predicted octanol–water partition coefficient (Wildman–Crippen LogP) is 1.67. The lowest BCUT2D eigenvalue weighted by molar-refractivity contribution is 0.278. The number of methoxy groups -OCH3 is 1. The molecule has 118 valence electrons. The Morgan fingerprint density at radius 1 is 1.24 bits per heavy atom.